The molecule has 0 aromatic carbocycles. The van der Waals surface area contributed by atoms with E-state index in [1.807, 2.05) is 0 Å². The highest BCUT2D eigenvalue weighted by Crippen LogP contribution is 2.45. The van der Waals surface area contributed by atoms with Crippen molar-refractivity contribution in [3.63, 3.8) is 0 Å². The van der Waals surface area contributed by atoms with Gasteiger partial charge < -0.3 is 10.6 Å². The Bertz CT molecular complexity index is 231. The summed E-state index contributed by atoms with van der Waals surface area (Å²) in [5.41, 5.74) is 7.23. The molecule has 0 atom stereocenters. The number of rotatable bonds is 2. The maximum Gasteiger partial charge on any atom is 0.0283 e. The van der Waals surface area contributed by atoms with Gasteiger partial charge in [-0.25, -0.2) is 0 Å². The van der Waals surface area contributed by atoms with Crippen LogP contribution in [0, 0.1) is 5.41 Å². The van der Waals surface area contributed by atoms with E-state index in [1.165, 1.54) is 71.0 Å². The Balaban J connectivity index is 1.48. The second kappa shape index (κ2) is 3.46. The predicted molar refractivity (Wildman–Crippen MR) is 62.7 cm³/mol. The molecule has 1 aliphatic heterocycles. The van der Waals surface area contributed by atoms with Crippen molar-refractivity contribution in [2.75, 3.05) is 19.6 Å². The summed E-state index contributed by atoms with van der Waals surface area (Å²) in [5, 5.41) is 0. The van der Waals surface area contributed by atoms with E-state index < -0.39 is 0 Å². The summed E-state index contributed by atoms with van der Waals surface area (Å²) in [6.45, 7) is 3.88. The van der Waals surface area contributed by atoms with E-state index in [2.05, 4.69) is 4.90 Å². The average Bonchev–Trinajstić information content (AvgIpc) is 2.14. The Morgan fingerprint density at radius 1 is 0.867 bits per heavy atom. The highest BCUT2D eigenvalue weighted by Gasteiger charge is 2.46. The minimum atomic E-state index is 0.205. The minimum absolute atomic E-state index is 0.205. The first-order chi connectivity index (χ1) is 7.20. The van der Waals surface area contributed by atoms with Gasteiger partial charge in [0.25, 0.3) is 0 Å². The van der Waals surface area contributed by atoms with Crippen LogP contribution in [0.4, 0.5) is 0 Å². The van der Waals surface area contributed by atoms with Gasteiger partial charge in [0, 0.05) is 25.2 Å². The maximum atomic E-state index is 6.29. The largest absolute Gasteiger partial charge is 0.324 e. The van der Waals surface area contributed by atoms with Crippen molar-refractivity contribution in [3.8, 4) is 0 Å². The van der Waals surface area contributed by atoms with E-state index in [0.29, 0.717) is 0 Å². The topological polar surface area (TPSA) is 29.3 Å². The fourth-order valence-electron chi connectivity index (χ4n) is 3.87. The Morgan fingerprint density at radius 3 is 2.07 bits per heavy atom. The van der Waals surface area contributed by atoms with Crippen molar-refractivity contribution < 1.29 is 0 Å². The molecule has 3 fully saturated rings. The highest BCUT2D eigenvalue weighted by molar-refractivity contribution is 5.02. The van der Waals surface area contributed by atoms with Crippen molar-refractivity contribution in [1.29, 1.82) is 0 Å². The lowest BCUT2D eigenvalue weighted by molar-refractivity contribution is -0.0474. The lowest BCUT2D eigenvalue weighted by Crippen LogP contribution is -2.64. The second-order valence-electron chi connectivity index (χ2n) is 6.42. The molecule has 1 spiro atoms. The van der Waals surface area contributed by atoms with Crippen LogP contribution in [-0.2, 0) is 0 Å². The number of hydrogen-bond donors (Lipinski definition) is 1. The second-order valence-corrected chi connectivity index (χ2v) is 6.42. The van der Waals surface area contributed by atoms with Gasteiger partial charge in [-0.15, -0.1) is 0 Å². The first-order valence-corrected chi connectivity index (χ1v) is 6.71. The van der Waals surface area contributed by atoms with Gasteiger partial charge in [-0.3, -0.25) is 0 Å². The monoisotopic (exact) mass is 208 g/mol. The van der Waals surface area contributed by atoms with Gasteiger partial charge >= 0.3 is 0 Å². The molecule has 0 amide bonds. The SMILES string of the molecule is NC1(CN2CC3(CCCCC3)C2)CCC1. The van der Waals surface area contributed by atoms with Crippen molar-refractivity contribution in [3.05, 3.63) is 0 Å². The summed E-state index contributed by atoms with van der Waals surface area (Å²) in [7, 11) is 0. The Hall–Kier alpha value is -0.0800. The van der Waals surface area contributed by atoms with E-state index in [4.69, 9.17) is 5.73 Å². The van der Waals surface area contributed by atoms with E-state index in [9.17, 15) is 0 Å². The van der Waals surface area contributed by atoms with Crippen LogP contribution in [0.15, 0.2) is 0 Å². The third-order valence-electron chi connectivity index (χ3n) is 4.92. The van der Waals surface area contributed by atoms with Gasteiger partial charge in [0.2, 0.25) is 0 Å². The summed E-state index contributed by atoms with van der Waals surface area (Å²) < 4.78 is 0. The number of nitrogens with two attached hydrogens (primary N) is 1. The van der Waals surface area contributed by atoms with E-state index in [0.717, 1.165) is 5.41 Å². The van der Waals surface area contributed by atoms with E-state index in [-0.39, 0.29) is 5.54 Å². The lowest BCUT2D eigenvalue weighted by Gasteiger charge is -2.56. The van der Waals surface area contributed by atoms with Gasteiger partial charge in [-0.1, -0.05) is 19.3 Å². The summed E-state index contributed by atoms with van der Waals surface area (Å²) in [6, 6.07) is 0. The molecule has 1 heterocycles. The van der Waals surface area contributed by atoms with Crippen LogP contribution in [0.1, 0.15) is 51.4 Å². The Labute approximate surface area is 93.2 Å². The molecule has 86 valence electrons. The van der Waals surface area contributed by atoms with Crippen LogP contribution in [0.5, 0.6) is 0 Å². The molecule has 2 nitrogen and oxygen atoms in total. The molecule has 2 aliphatic carbocycles. The molecule has 0 unspecified atom stereocenters. The molecule has 2 heteroatoms. The van der Waals surface area contributed by atoms with Crippen molar-refractivity contribution in [2.24, 2.45) is 11.1 Å². The molecule has 1 saturated heterocycles. The fourth-order valence-corrected chi connectivity index (χ4v) is 3.87. The molecule has 0 aromatic rings. The Morgan fingerprint density at radius 2 is 1.53 bits per heavy atom. The van der Waals surface area contributed by atoms with Gasteiger partial charge in [0.1, 0.15) is 0 Å². The normalized spacial score (nSPS) is 33.4. The zero-order valence-corrected chi connectivity index (χ0v) is 9.80. The summed E-state index contributed by atoms with van der Waals surface area (Å²) in [5.74, 6) is 0. The van der Waals surface area contributed by atoms with Crippen LogP contribution in [0.3, 0.4) is 0 Å². The third-order valence-corrected chi connectivity index (χ3v) is 4.92. The predicted octanol–water partition coefficient (Wildman–Crippen LogP) is 2.13. The Kier molecular flexibility index (Phi) is 2.33. The van der Waals surface area contributed by atoms with Crippen LogP contribution >= 0.6 is 0 Å². The molecule has 3 rings (SSSR count). The highest BCUT2D eigenvalue weighted by atomic mass is 15.2. The first kappa shape index (κ1) is 10.1. The third kappa shape index (κ3) is 1.83. The average molecular weight is 208 g/mol. The van der Waals surface area contributed by atoms with E-state index >= 15 is 0 Å². The standard InChI is InChI=1S/C13H24N2/c14-13(7-4-8-13)11-15-9-12(10-15)5-2-1-3-6-12/h1-11,14H2. The van der Waals surface area contributed by atoms with Crippen molar-refractivity contribution in [2.45, 2.75) is 56.9 Å². The zero-order valence-electron chi connectivity index (χ0n) is 9.80. The maximum absolute atomic E-state index is 6.29. The minimum Gasteiger partial charge on any atom is -0.324 e. The fraction of sp³-hybridized carbons (Fsp3) is 1.00. The number of nitrogens with zero attached hydrogens (tertiary/aromatic N) is 1. The summed E-state index contributed by atoms with van der Waals surface area (Å²) in [4.78, 5) is 2.62. The van der Waals surface area contributed by atoms with E-state index in [1.54, 1.807) is 0 Å². The van der Waals surface area contributed by atoms with Crippen LogP contribution < -0.4 is 5.73 Å². The quantitative estimate of drug-likeness (QED) is 0.753. The molecule has 0 bridgehead atoms. The van der Waals surface area contributed by atoms with Gasteiger partial charge in [-0.2, -0.15) is 0 Å². The summed E-state index contributed by atoms with van der Waals surface area (Å²) in [6.07, 6.45) is 11.3. The summed E-state index contributed by atoms with van der Waals surface area (Å²) >= 11 is 0. The molecule has 3 aliphatic rings. The van der Waals surface area contributed by atoms with Gasteiger partial charge in [0.15, 0.2) is 0 Å². The molecule has 0 aromatic heterocycles. The van der Waals surface area contributed by atoms with Gasteiger partial charge in [-0.05, 0) is 37.5 Å². The molecule has 0 radical (unpaired) electrons. The van der Waals surface area contributed by atoms with Gasteiger partial charge in [0.05, 0.1) is 0 Å². The van der Waals surface area contributed by atoms with Crippen LogP contribution in [0.25, 0.3) is 0 Å². The molecule has 2 N–H and O–H groups in total. The van der Waals surface area contributed by atoms with Crippen molar-refractivity contribution >= 4 is 0 Å². The van der Waals surface area contributed by atoms with Crippen molar-refractivity contribution in [1.82, 2.24) is 4.90 Å². The van der Waals surface area contributed by atoms with Crippen LogP contribution in [0.2, 0.25) is 0 Å². The zero-order chi connectivity index (χ0) is 10.4. The van der Waals surface area contributed by atoms with Crippen LogP contribution in [-0.4, -0.2) is 30.1 Å². The lowest BCUT2D eigenvalue weighted by atomic mass is 9.67. The molecular formula is C13H24N2. The first-order valence-electron chi connectivity index (χ1n) is 6.71. The molecular weight excluding hydrogens is 184 g/mol. The smallest absolute Gasteiger partial charge is 0.0283 e. The molecule has 15 heavy (non-hydrogen) atoms. The number of likely N-dealkylation sites (tertiary alicyclic amines) is 1. The number of hydrogen-bond acceptors (Lipinski definition) is 2. The molecule has 2 saturated carbocycles.